The van der Waals surface area contributed by atoms with E-state index in [1.165, 1.54) is 0 Å². The van der Waals surface area contributed by atoms with Gasteiger partial charge in [-0.3, -0.25) is 10.1 Å². The number of carbonyl (C=O) groups is 2. The summed E-state index contributed by atoms with van der Waals surface area (Å²) in [6.45, 7) is 10.3. The number of aryl methyl sites for hydroxylation is 2. The van der Waals surface area contributed by atoms with Crippen LogP contribution in [-0.2, 0) is 0 Å². The smallest absolute Gasteiger partial charge is 0.315 e. The molecule has 0 spiro atoms. The van der Waals surface area contributed by atoms with Crippen LogP contribution in [0.1, 0.15) is 51.2 Å². The number of hydrogen-bond acceptors (Lipinski definition) is 3. The van der Waals surface area contributed by atoms with Crippen LogP contribution in [0.2, 0.25) is 0 Å². The van der Waals surface area contributed by atoms with E-state index in [9.17, 15) is 14.8 Å². The summed E-state index contributed by atoms with van der Waals surface area (Å²) in [6.07, 6.45) is 2.01. The molecule has 7 heteroatoms. The van der Waals surface area contributed by atoms with Crippen molar-refractivity contribution in [3.8, 4) is 0 Å². The van der Waals surface area contributed by atoms with Gasteiger partial charge >= 0.3 is 12.1 Å². The average Bonchev–Trinajstić information content (AvgIpc) is 2.95. The Labute approximate surface area is 190 Å². The van der Waals surface area contributed by atoms with Gasteiger partial charge in [0.15, 0.2) is 6.17 Å². The Kier molecular flexibility index (Phi) is 7.09. The Morgan fingerprint density at radius 2 is 1.69 bits per heavy atom. The van der Waals surface area contributed by atoms with E-state index in [0.717, 1.165) is 30.4 Å². The summed E-state index contributed by atoms with van der Waals surface area (Å²) >= 11 is 0. The number of amides is 4. The second-order valence-corrected chi connectivity index (χ2v) is 8.91. The third kappa shape index (κ3) is 4.43. The molecule has 0 aliphatic carbocycles. The summed E-state index contributed by atoms with van der Waals surface area (Å²) in [4.78, 5) is 30.0. The Bertz CT molecular complexity index is 975. The molecule has 0 aromatic heterocycles. The van der Waals surface area contributed by atoms with E-state index in [-0.39, 0.29) is 6.03 Å². The molecule has 2 N–H and O–H groups in total. The fourth-order valence-corrected chi connectivity index (χ4v) is 4.31. The highest BCUT2D eigenvalue weighted by Crippen LogP contribution is 2.39. The minimum absolute atomic E-state index is 0.215. The number of unbranched alkanes of at least 4 members (excludes halogenated alkanes) is 2. The summed E-state index contributed by atoms with van der Waals surface area (Å²) in [5.41, 5.74) is 2.25. The molecule has 1 heterocycles. The molecule has 1 atom stereocenters. The topological polar surface area (TPSA) is 76.1 Å². The van der Waals surface area contributed by atoms with E-state index < -0.39 is 17.7 Å². The molecule has 1 aliphatic heterocycles. The zero-order chi connectivity index (χ0) is 23.5. The standard InChI is InChI=1S/C25H34N4O3/c1-6-7-12-17-27-24(31)28(21-16-11-9-14-19(21)3)22(25(27,4)5)29(32)23(30)26-20-15-10-8-13-18(20)2/h8-11,13-16,22,32H,6-7,12,17H2,1-5H3,(H,26,30). The number of anilines is 2. The number of urea groups is 2. The molecule has 1 aliphatic rings. The van der Waals surface area contributed by atoms with Gasteiger partial charge in [-0.25, -0.2) is 9.59 Å². The highest BCUT2D eigenvalue weighted by atomic mass is 16.5. The van der Waals surface area contributed by atoms with Crippen LogP contribution in [0.3, 0.4) is 0 Å². The van der Waals surface area contributed by atoms with Crippen molar-refractivity contribution in [1.82, 2.24) is 9.96 Å². The molecule has 0 bridgehead atoms. The maximum Gasteiger partial charge on any atom is 0.347 e. The number of carbonyl (C=O) groups excluding carboxylic acids is 2. The molecule has 0 radical (unpaired) electrons. The van der Waals surface area contributed by atoms with Gasteiger partial charge in [0, 0.05) is 12.2 Å². The van der Waals surface area contributed by atoms with E-state index in [0.29, 0.717) is 23.0 Å². The van der Waals surface area contributed by atoms with Crippen LogP contribution in [0.5, 0.6) is 0 Å². The van der Waals surface area contributed by atoms with E-state index >= 15 is 0 Å². The first-order valence-corrected chi connectivity index (χ1v) is 11.2. The van der Waals surface area contributed by atoms with Gasteiger partial charge in [-0.1, -0.05) is 56.2 Å². The lowest BCUT2D eigenvalue weighted by Gasteiger charge is -2.38. The van der Waals surface area contributed by atoms with Gasteiger partial charge < -0.3 is 10.2 Å². The van der Waals surface area contributed by atoms with Crippen LogP contribution >= 0.6 is 0 Å². The molecule has 1 saturated heterocycles. The van der Waals surface area contributed by atoms with E-state index in [1.807, 2.05) is 70.2 Å². The number of nitrogens with one attached hydrogen (secondary N) is 1. The van der Waals surface area contributed by atoms with Gasteiger partial charge in [0.05, 0.1) is 11.2 Å². The second-order valence-electron chi connectivity index (χ2n) is 8.91. The predicted octanol–water partition coefficient (Wildman–Crippen LogP) is 5.76. The lowest BCUT2D eigenvalue weighted by Crippen LogP contribution is -2.58. The van der Waals surface area contributed by atoms with Crippen molar-refractivity contribution >= 4 is 23.4 Å². The summed E-state index contributed by atoms with van der Waals surface area (Å²) < 4.78 is 0. The Morgan fingerprint density at radius 1 is 1.06 bits per heavy atom. The van der Waals surface area contributed by atoms with Crippen LogP contribution in [0, 0.1) is 13.8 Å². The van der Waals surface area contributed by atoms with Gasteiger partial charge in [-0.05, 0) is 57.4 Å². The Morgan fingerprint density at radius 3 is 2.31 bits per heavy atom. The molecular weight excluding hydrogens is 404 g/mol. The van der Waals surface area contributed by atoms with Crippen molar-refractivity contribution in [2.24, 2.45) is 0 Å². The summed E-state index contributed by atoms with van der Waals surface area (Å²) in [7, 11) is 0. The monoisotopic (exact) mass is 438 g/mol. The molecule has 1 unspecified atom stereocenters. The highest BCUT2D eigenvalue weighted by molar-refractivity contribution is 5.98. The van der Waals surface area contributed by atoms with Gasteiger partial charge in [0.25, 0.3) is 0 Å². The van der Waals surface area contributed by atoms with Crippen molar-refractivity contribution in [2.45, 2.75) is 65.6 Å². The molecule has 7 nitrogen and oxygen atoms in total. The fraction of sp³-hybridized carbons (Fsp3) is 0.440. The minimum atomic E-state index is -0.901. The lowest BCUT2D eigenvalue weighted by atomic mass is 9.99. The number of hydroxylamine groups is 2. The number of nitrogens with zero attached hydrogens (tertiary/aromatic N) is 3. The van der Waals surface area contributed by atoms with E-state index in [4.69, 9.17) is 0 Å². The van der Waals surface area contributed by atoms with Gasteiger partial charge in [0.1, 0.15) is 0 Å². The van der Waals surface area contributed by atoms with Crippen LogP contribution in [-0.4, -0.2) is 45.5 Å². The van der Waals surface area contributed by atoms with Crippen LogP contribution in [0.25, 0.3) is 0 Å². The molecule has 0 saturated carbocycles. The van der Waals surface area contributed by atoms with Gasteiger partial charge in [0.2, 0.25) is 0 Å². The molecule has 2 aromatic carbocycles. The van der Waals surface area contributed by atoms with Crippen LogP contribution in [0.15, 0.2) is 48.5 Å². The van der Waals surface area contributed by atoms with Gasteiger partial charge in [-0.15, -0.1) is 0 Å². The average molecular weight is 439 g/mol. The van der Waals surface area contributed by atoms with Gasteiger partial charge in [-0.2, -0.15) is 5.06 Å². The SMILES string of the molecule is CCCCCN1C(=O)N(c2ccccc2C)C(N(O)C(=O)Nc2ccccc2C)C1(C)C. The Hall–Kier alpha value is -3.06. The van der Waals surface area contributed by atoms with Crippen molar-refractivity contribution in [3.63, 3.8) is 0 Å². The molecule has 32 heavy (non-hydrogen) atoms. The maximum atomic E-state index is 13.6. The molecule has 3 rings (SSSR count). The highest BCUT2D eigenvalue weighted by Gasteiger charge is 2.56. The third-order valence-corrected chi connectivity index (χ3v) is 6.20. The second kappa shape index (κ2) is 9.61. The van der Waals surface area contributed by atoms with Crippen molar-refractivity contribution < 1.29 is 14.8 Å². The van der Waals surface area contributed by atoms with Crippen LogP contribution in [0.4, 0.5) is 21.0 Å². The van der Waals surface area contributed by atoms with Crippen molar-refractivity contribution in [2.75, 3.05) is 16.8 Å². The van der Waals surface area contributed by atoms with E-state index in [1.54, 1.807) is 15.9 Å². The molecule has 172 valence electrons. The minimum Gasteiger partial charge on any atom is -0.315 e. The largest absolute Gasteiger partial charge is 0.347 e. The molecule has 2 aromatic rings. The predicted molar refractivity (Wildman–Crippen MR) is 127 cm³/mol. The fourth-order valence-electron chi connectivity index (χ4n) is 4.31. The number of rotatable bonds is 7. The molecule has 4 amide bonds. The quantitative estimate of drug-likeness (QED) is 0.328. The number of hydrogen-bond donors (Lipinski definition) is 2. The maximum absolute atomic E-state index is 13.6. The van der Waals surface area contributed by atoms with Crippen molar-refractivity contribution in [1.29, 1.82) is 0 Å². The number of benzene rings is 2. The zero-order valence-electron chi connectivity index (χ0n) is 19.6. The zero-order valence-corrected chi connectivity index (χ0v) is 19.6. The summed E-state index contributed by atoms with van der Waals surface area (Å²) in [5.74, 6) is 0. The van der Waals surface area contributed by atoms with Crippen molar-refractivity contribution in [3.05, 3.63) is 59.7 Å². The summed E-state index contributed by atoms with van der Waals surface area (Å²) in [5, 5.41) is 14.6. The first-order valence-electron chi connectivity index (χ1n) is 11.2. The third-order valence-electron chi connectivity index (χ3n) is 6.20. The summed E-state index contributed by atoms with van der Waals surface area (Å²) in [6, 6.07) is 14.0. The normalized spacial score (nSPS) is 17.6. The van der Waals surface area contributed by atoms with E-state index in [2.05, 4.69) is 12.2 Å². The first-order chi connectivity index (χ1) is 15.2. The molecular formula is C25H34N4O3. The van der Waals surface area contributed by atoms with Crippen LogP contribution < -0.4 is 10.2 Å². The Balaban J connectivity index is 1.98. The molecule has 1 fully saturated rings. The first kappa shape index (κ1) is 23.6. The lowest BCUT2D eigenvalue weighted by molar-refractivity contribution is -0.0949. The number of para-hydroxylation sites is 2.